The number of nitrogens with zero attached hydrogens (tertiary/aromatic N) is 1. The SMILES string of the molecule is O=C(O)c1ccc(OCCC2CCN(C(=O)NC3C4CC5C[C@H]3CC(O)(C5)C4)CC2)cc1F. The van der Waals surface area contributed by atoms with Crippen LogP contribution in [-0.2, 0) is 0 Å². The van der Waals surface area contributed by atoms with Gasteiger partial charge in [-0.25, -0.2) is 14.0 Å². The average molecular weight is 461 g/mol. The average Bonchev–Trinajstić information content (AvgIpc) is 2.75. The molecule has 6 rings (SSSR count). The number of benzene rings is 1. The summed E-state index contributed by atoms with van der Waals surface area (Å²) in [5.41, 5.74) is -0.847. The van der Waals surface area contributed by atoms with Crippen LogP contribution in [0.15, 0.2) is 18.2 Å². The smallest absolute Gasteiger partial charge is 0.338 e. The third kappa shape index (κ3) is 4.67. The molecule has 180 valence electrons. The van der Waals surface area contributed by atoms with E-state index in [1.807, 2.05) is 4.90 Å². The predicted octanol–water partition coefficient (Wildman–Crippen LogP) is 3.65. The van der Waals surface area contributed by atoms with Crippen molar-refractivity contribution in [2.24, 2.45) is 23.7 Å². The van der Waals surface area contributed by atoms with Crippen LogP contribution in [0.1, 0.15) is 61.7 Å². The Morgan fingerprint density at radius 2 is 1.85 bits per heavy atom. The number of aromatic carboxylic acids is 1. The Balaban J connectivity index is 1.05. The van der Waals surface area contributed by atoms with Crippen molar-refractivity contribution in [2.45, 2.75) is 63.0 Å². The summed E-state index contributed by atoms with van der Waals surface area (Å²) in [6.45, 7) is 1.86. The van der Waals surface area contributed by atoms with Crippen LogP contribution in [0.3, 0.4) is 0 Å². The molecule has 5 atom stereocenters. The van der Waals surface area contributed by atoms with E-state index in [-0.39, 0.29) is 17.6 Å². The summed E-state index contributed by atoms with van der Waals surface area (Å²) >= 11 is 0. The minimum absolute atomic E-state index is 0.0307. The van der Waals surface area contributed by atoms with Gasteiger partial charge in [-0.1, -0.05) is 0 Å². The first-order chi connectivity index (χ1) is 15.8. The van der Waals surface area contributed by atoms with Crippen molar-refractivity contribution in [1.82, 2.24) is 10.2 Å². The van der Waals surface area contributed by atoms with E-state index >= 15 is 0 Å². The van der Waals surface area contributed by atoms with Crippen LogP contribution < -0.4 is 10.1 Å². The number of carboxylic acid groups (broad SMARTS) is 1. The molecule has 0 aromatic heterocycles. The summed E-state index contributed by atoms with van der Waals surface area (Å²) in [4.78, 5) is 25.7. The molecule has 0 spiro atoms. The normalized spacial score (nSPS) is 33.2. The first-order valence-corrected chi connectivity index (χ1v) is 12.2. The van der Waals surface area contributed by atoms with Crippen molar-refractivity contribution in [3.63, 3.8) is 0 Å². The highest BCUT2D eigenvalue weighted by Gasteiger charge is 2.55. The third-order valence-electron chi connectivity index (χ3n) is 8.40. The largest absolute Gasteiger partial charge is 0.493 e. The van der Waals surface area contributed by atoms with Gasteiger partial charge in [0.2, 0.25) is 0 Å². The second kappa shape index (κ2) is 8.78. The van der Waals surface area contributed by atoms with Crippen LogP contribution in [0.25, 0.3) is 0 Å². The number of halogens is 1. The van der Waals surface area contributed by atoms with Crippen molar-refractivity contribution in [2.75, 3.05) is 19.7 Å². The molecule has 4 bridgehead atoms. The van der Waals surface area contributed by atoms with Gasteiger partial charge in [0.1, 0.15) is 11.6 Å². The summed E-state index contributed by atoms with van der Waals surface area (Å²) in [6, 6.07) is 4.03. The van der Waals surface area contributed by atoms with Gasteiger partial charge in [0.25, 0.3) is 0 Å². The van der Waals surface area contributed by atoms with Crippen molar-refractivity contribution >= 4 is 12.0 Å². The molecule has 3 N–H and O–H groups in total. The van der Waals surface area contributed by atoms with Gasteiger partial charge in [0.15, 0.2) is 0 Å². The van der Waals surface area contributed by atoms with Crippen LogP contribution in [0.2, 0.25) is 0 Å². The van der Waals surface area contributed by atoms with Gasteiger partial charge < -0.3 is 25.2 Å². The number of carbonyl (C=O) groups is 2. The molecule has 5 aliphatic rings. The Bertz CT molecular complexity index is 900. The maximum absolute atomic E-state index is 13.8. The summed E-state index contributed by atoms with van der Waals surface area (Å²) in [6.07, 6.45) is 7.49. The lowest BCUT2D eigenvalue weighted by Gasteiger charge is -2.58. The number of nitrogens with one attached hydrogen (secondary N) is 1. The van der Waals surface area contributed by atoms with E-state index in [0.717, 1.165) is 57.4 Å². The quantitative estimate of drug-likeness (QED) is 0.602. The molecule has 1 aliphatic heterocycles. The van der Waals surface area contributed by atoms with Crippen LogP contribution in [0.4, 0.5) is 9.18 Å². The number of ether oxygens (including phenoxy) is 1. The van der Waals surface area contributed by atoms with Gasteiger partial charge in [-0.2, -0.15) is 0 Å². The summed E-state index contributed by atoms with van der Waals surface area (Å²) in [5.74, 6) is 0.124. The minimum Gasteiger partial charge on any atom is -0.493 e. The van der Waals surface area contributed by atoms with Crippen molar-refractivity contribution in [1.29, 1.82) is 0 Å². The molecular weight excluding hydrogens is 427 g/mol. The first kappa shape index (κ1) is 22.4. The number of carboxylic acids is 1. The molecule has 0 radical (unpaired) electrons. The molecule has 1 aromatic rings. The Morgan fingerprint density at radius 3 is 2.45 bits per heavy atom. The van der Waals surface area contributed by atoms with Gasteiger partial charge in [-0.05, 0) is 87.2 Å². The Hall–Kier alpha value is -2.35. The van der Waals surface area contributed by atoms with E-state index in [0.29, 0.717) is 49.1 Å². The van der Waals surface area contributed by atoms with Gasteiger partial charge in [-0.15, -0.1) is 0 Å². The van der Waals surface area contributed by atoms with Crippen LogP contribution in [0.5, 0.6) is 5.75 Å². The second-order valence-corrected chi connectivity index (χ2v) is 10.7. The molecule has 33 heavy (non-hydrogen) atoms. The fourth-order valence-corrected chi connectivity index (χ4v) is 6.98. The summed E-state index contributed by atoms with van der Waals surface area (Å²) in [5, 5.41) is 23.0. The Kier molecular flexibility index (Phi) is 5.97. The maximum atomic E-state index is 13.8. The van der Waals surface area contributed by atoms with E-state index < -0.39 is 17.4 Å². The molecule has 5 fully saturated rings. The standard InChI is InChI=1S/C25H33FN2O5/c26-21-11-19(1-2-20(21)23(29)30)33-8-5-15-3-6-28(7-4-15)24(31)27-22-17-9-16-10-18(22)14-25(32,12-16)13-17/h1-2,11,15-18,22,32H,3-10,12-14H2,(H,27,31)(H,29,30)/t16?,17-,18?,22?,25?/m0/s1. The highest BCUT2D eigenvalue weighted by atomic mass is 19.1. The number of rotatable bonds is 6. The third-order valence-corrected chi connectivity index (χ3v) is 8.40. The zero-order chi connectivity index (χ0) is 23.2. The Labute approximate surface area is 193 Å². The molecule has 1 aromatic carbocycles. The number of amides is 2. The van der Waals surface area contributed by atoms with E-state index in [1.165, 1.54) is 12.1 Å². The fraction of sp³-hybridized carbons (Fsp3) is 0.680. The van der Waals surface area contributed by atoms with Crippen molar-refractivity contribution in [3.8, 4) is 5.75 Å². The van der Waals surface area contributed by atoms with Gasteiger partial charge in [-0.3, -0.25) is 0 Å². The Morgan fingerprint density at radius 1 is 1.15 bits per heavy atom. The first-order valence-electron chi connectivity index (χ1n) is 12.2. The molecule has 1 heterocycles. The molecule has 7 nitrogen and oxygen atoms in total. The van der Waals surface area contributed by atoms with E-state index in [1.54, 1.807) is 0 Å². The molecular formula is C25H33FN2O5. The summed E-state index contributed by atoms with van der Waals surface area (Å²) < 4.78 is 19.4. The van der Waals surface area contributed by atoms with E-state index in [4.69, 9.17) is 9.84 Å². The van der Waals surface area contributed by atoms with Gasteiger partial charge in [0.05, 0.1) is 17.8 Å². The van der Waals surface area contributed by atoms with Crippen LogP contribution >= 0.6 is 0 Å². The minimum atomic E-state index is -1.30. The lowest BCUT2D eigenvalue weighted by Crippen LogP contribution is -2.63. The van der Waals surface area contributed by atoms with Crippen molar-refractivity contribution in [3.05, 3.63) is 29.6 Å². The topological polar surface area (TPSA) is 99.1 Å². The molecule has 8 heteroatoms. The molecule has 4 aliphatic carbocycles. The number of carbonyl (C=O) groups excluding carboxylic acids is 1. The maximum Gasteiger partial charge on any atom is 0.338 e. The number of hydrogen-bond donors (Lipinski definition) is 3. The number of urea groups is 1. The lowest BCUT2D eigenvalue weighted by molar-refractivity contribution is -0.137. The number of hydrogen-bond acceptors (Lipinski definition) is 4. The highest BCUT2D eigenvalue weighted by Crippen LogP contribution is 2.55. The van der Waals surface area contributed by atoms with Crippen LogP contribution in [0, 0.1) is 29.5 Å². The number of likely N-dealkylation sites (tertiary alicyclic amines) is 1. The lowest BCUT2D eigenvalue weighted by atomic mass is 9.52. The monoisotopic (exact) mass is 460 g/mol. The van der Waals surface area contributed by atoms with Crippen molar-refractivity contribution < 1.29 is 28.9 Å². The fourth-order valence-electron chi connectivity index (χ4n) is 6.98. The zero-order valence-corrected chi connectivity index (χ0v) is 18.8. The van der Waals surface area contributed by atoms with Gasteiger partial charge >= 0.3 is 12.0 Å². The number of piperidine rings is 1. The molecule has 1 saturated heterocycles. The predicted molar refractivity (Wildman–Crippen MR) is 119 cm³/mol. The number of aliphatic hydroxyl groups is 1. The van der Waals surface area contributed by atoms with E-state index in [9.17, 15) is 19.1 Å². The van der Waals surface area contributed by atoms with Crippen LogP contribution in [-0.4, -0.2) is 58.5 Å². The van der Waals surface area contributed by atoms with E-state index in [2.05, 4.69) is 5.32 Å². The molecule has 4 unspecified atom stereocenters. The molecule has 4 saturated carbocycles. The van der Waals surface area contributed by atoms with Gasteiger partial charge in [0, 0.05) is 25.2 Å². The second-order valence-electron chi connectivity index (χ2n) is 10.7. The zero-order valence-electron chi connectivity index (χ0n) is 18.8. The molecule has 2 amide bonds. The summed E-state index contributed by atoms with van der Waals surface area (Å²) in [7, 11) is 0. The highest BCUT2D eigenvalue weighted by molar-refractivity contribution is 5.88.